The van der Waals surface area contributed by atoms with Gasteiger partial charge < -0.3 is 25.0 Å². The molecule has 4 rings (SSSR count). The number of likely N-dealkylation sites (tertiary alicyclic amines) is 1. The van der Waals surface area contributed by atoms with Gasteiger partial charge in [-0.15, -0.1) is 24.8 Å². The van der Waals surface area contributed by atoms with Crippen LogP contribution in [0.5, 0.6) is 5.75 Å². The fourth-order valence-corrected chi connectivity index (χ4v) is 4.68. The fourth-order valence-electron chi connectivity index (χ4n) is 4.68. The summed E-state index contributed by atoms with van der Waals surface area (Å²) < 4.78 is 8.15. The van der Waals surface area contributed by atoms with Crippen LogP contribution in [-0.4, -0.2) is 51.4 Å². The number of aliphatic carboxylic acids is 1. The molecule has 10 heteroatoms. The van der Waals surface area contributed by atoms with Crippen molar-refractivity contribution in [3.63, 3.8) is 0 Å². The Bertz CT molecular complexity index is 1240. The summed E-state index contributed by atoms with van der Waals surface area (Å²) in [5, 5.41) is 26.5. The van der Waals surface area contributed by atoms with Crippen molar-refractivity contribution >= 4 is 53.4 Å². The largest absolute Gasteiger partial charge is 0.489 e. The number of rotatable bonds is 8. The van der Waals surface area contributed by atoms with Crippen molar-refractivity contribution in [2.75, 3.05) is 13.1 Å². The number of hydrogen-bond donors (Lipinski definition) is 4. The lowest BCUT2D eigenvalue weighted by Crippen LogP contribution is -2.28. The third-order valence-electron chi connectivity index (χ3n) is 6.53. The molecule has 1 aromatic heterocycles. The summed E-state index contributed by atoms with van der Waals surface area (Å²) in [5.41, 5.74) is 8.91. The summed E-state index contributed by atoms with van der Waals surface area (Å²) >= 11 is 0. The van der Waals surface area contributed by atoms with Gasteiger partial charge >= 0.3 is 5.97 Å². The van der Waals surface area contributed by atoms with Gasteiger partial charge in [-0.25, -0.2) is 0 Å². The molecule has 194 valence electrons. The molecule has 2 unspecified atom stereocenters. The molecule has 0 aliphatic carbocycles. The number of hydrogen-bond acceptors (Lipinski definition) is 4. The molecule has 2 aromatic carbocycles. The summed E-state index contributed by atoms with van der Waals surface area (Å²) in [6, 6.07) is 15.0. The van der Waals surface area contributed by atoms with Crippen molar-refractivity contribution in [3.05, 3.63) is 65.4 Å². The molecule has 0 amide bonds. The second-order valence-electron chi connectivity index (χ2n) is 8.79. The molecule has 2 heterocycles. The van der Waals surface area contributed by atoms with Crippen molar-refractivity contribution in [1.82, 2.24) is 9.47 Å². The average Bonchev–Trinajstić information content (AvgIpc) is 3.41. The predicted octanol–water partition coefficient (Wildman–Crippen LogP) is 4.65. The van der Waals surface area contributed by atoms with E-state index in [2.05, 4.69) is 4.57 Å². The average molecular weight is 534 g/mol. The molecular weight excluding hydrogens is 501 g/mol. The molecule has 1 aliphatic heterocycles. The minimum Gasteiger partial charge on any atom is -0.489 e. The van der Waals surface area contributed by atoms with Crippen LogP contribution in [0.1, 0.15) is 43.0 Å². The van der Waals surface area contributed by atoms with Crippen LogP contribution in [-0.2, 0) is 17.8 Å². The van der Waals surface area contributed by atoms with E-state index in [0.29, 0.717) is 36.7 Å². The number of halogens is 2. The minimum absolute atomic E-state index is 0. The van der Waals surface area contributed by atoms with Crippen molar-refractivity contribution in [2.24, 2.45) is 5.73 Å². The Kier molecular flexibility index (Phi) is 9.78. The molecule has 36 heavy (non-hydrogen) atoms. The molecule has 1 saturated heterocycles. The number of carboxylic acid groups (broad SMARTS) is 1. The third-order valence-corrected chi connectivity index (χ3v) is 6.53. The van der Waals surface area contributed by atoms with E-state index in [4.69, 9.17) is 21.3 Å². The Morgan fingerprint density at radius 2 is 1.86 bits per heavy atom. The maximum atomic E-state index is 12.2. The smallest absolute Gasteiger partial charge is 0.311 e. The number of carbonyl (C=O) groups is 1. The molecule has 2 atom stereocenters. The van der Waals surface area contributed by atoms with Gasteiger partial charge in [-0.3, -0.25) is 15.6 Å². The van der Waals surface area contributed by atoms with E-state index in [1.807, 2.05) is 60.4 Å². The van der Waals surface area contributed by atoms with Crippen LogP contribution >= 0.6 is 24.8 Å². The monoisotopic (exact) mass is 533 g/mol. The predicted molar refractivity (Wildman–Crippen MR) is 148 cm³/mol. The van der Waals surface area contributed by atoms with Gasteiger partial charge in [-0.2, -0.15) is 0 Å². The lowest BCUT2D eigenvalue weighted by molar-refractivity contribution is -0.138. The molecule has 5 N–H and O–H groups in total. The number of nitrogens with zero attached hydrogens (tertiary/aromatic N) is 2. The molecule has 0 bridgehead atoms. The normalized spacial score (nSPS) is 15.6. The van der Waals surface area contributed by atoms with E-state index in [1.54, 1.807) is 6.92 Å². The Morgan fingerprint density at radius 3 is 2.42 bits per heavy atom. The van der Waals surface area contributed by atoms with Gasteiger partial charge in [0.25, 0.3) is 0 Å². The van der Waals surface area contributed by atoms with Crippen molar-refractivity contribution in [2.45, 2.75) is 45.3 Å². The number of aromatic nitrogens is 1. The van der Waals surface area contributed by atoms with Crippen molar-refractivity contribution < 1.29 is 14.6 Å². The van der Waals surface area contributed by atoms with Gasteiger partial charge in [-0.05, 0) is 49.1 Å². The minimum atomic E-state index is -0.876. The summed E-state index contributed by atoms with van der Waals surface area (Å²) in [7, 11) is 0. The summed E-state index contributed by atoms with van der Waals surface area (Å²) in [6.07, 6.45) is 1.24. The van der Waals surface area contributed by atoms with Gasteiger partial charge in [-0.1, -0.05) is 24.3 Å². The third kappa shape index (κ3) is 6.12. The number of benzene rings is 2. The summed E-state index contributed by atoms with van der Waals surface area (Å²) in [4.78, 5) is 14.2. The number of fused-ring (bicyclic) bond motifs is 1. The highest BCUT2D eigenvalue weighted by atomic mass is 35.5. The van der Waals surface area contributed by atoms with Crippen molar-refractivity contribution in [3.8, 4) is 5.75 Å². The van der Waals surface area contributed by atoms with Crippen LogP contribution in [0.4, 0.5) is 0 Å². The molecule has 0 saturated carbocycles. The number of carboxylic acids is 1. The van der Waals surface area contributed by atoms with Crippen molar-refractivity contribution in [1.29, 1.82) is 10.8 Å². The molecular formula is C26H33Cl2N5O3. The first kappa shape index (κ1) is 29.0. The first-order valence-electron chi connectivity index (χ1n) is 11.5. The summed E-state index contributed by atoms with van der Waals surface area (Å²) in [6.45, 7) is 6.01. The van der Waals surface area contributed by atoms with E-state index in [1.165, 1.54) is 0 Å². The molecule has 1 aliphatic rings. The Hall–Kier alpha value is -3.23. The highest BCUT2D eigenvalue weighted by Crippen LogP contribution is 2.29. The number of amidine groups is 2. The van der Waals surface area contributed by atoms with E-state index >= 15 is 0 Å². The number of ether oxygens (including phenoxy) is 1. The van der Waals surface area contributed by atoms with Crippen LogP contribution in [0.15, 0.2) is 48.5 Å². The van der Waals surface area contributed by atoms with Crippen LogP contribution in [0.3, 0.4) is 0 Å². The SMILES string of the molecule is CCn1c(CC(C(=O)O)c2ccc(OC3CCN(C(C)=N)C3)cc2)cc2ccc(C(=N)N)cc21.Cl.Cl. The summed E-state index contributed by atoms with van der Waals surface area (Å²) in [5.74, 6) is -0.303. The van der Waals surface area contributed by atoms with Gasteiger partial charge in [0, 0.05) is 42.7 Å². The zero-order chi connectivity index (χ0) is 24.4. The molecule has 0 spiro atoms. The topological polar surface area (TPSA) is 128 Å². The first-order chi connectivity index (χ1) is 16.3. The van der Waals surface area contributed by atoms with E-state index in [9.17, 15) is 9.90 Å². The van der Waals surface area contributed by atoms with E-state index in [0.717, 1.165) is 35.1 Å². The molecule has 1 fully saturated rings. The van der Waals surface area contributed by atoms with Crippen LogP contribution in [0.25, 0.3) is 10.9 Å². The highest BCUT2D eigenvalue weighted by molar-refractivity contribution is 5.98. The fraction of sp³-hybridized carbons (Fsp3) is 0.346. The maximum absolute atomic E-state index is 12.2. The van der Waals surface area contributed by atoms with Gasteiger partial charge in [0.1, 0.15) is 17.7 Å². The Balaban J connectivity index is 0.00000228. The van der Waals surface area contributed by atoms with Crippen LogP contribution < -0.4 is 10.5 Å². The Labute approximate surface area is 223 Å². The van der Waals surface area contributed by atoms with E-state index in [-0.39, 0.29) is 36.8 Å². The number of nitrogens with two attached hydrogens (primary N) is 1. The quantitative estimate of drug-likeness (QED) is 0.247. The number of nitrogen functional groups attached to an aromatic ring is 1. The van der Waals surface area contributed by atoms with Gasteiger partial charge in [0.15, 0.2) is 0 Å². The highest BCUT2D eigenvalue weighted by Gasteiger charge is 2.25. The standard InChI is InChI=1S/C26H31N5O3.2ClH/c1-3-31-20(12-18-4-5-19(25(28)29)13-24(18)31)14-23(26(32)33)17-6-8-21(9-7-17)34-22-10-11-30(15-22)16(2)27;;/h4-9,12-13,22-23,27H,3,10-11,14-15H2,1-2H3,(H3,28,29)(H,32,33);2*1H. The van der Waals surface area contributed by atoms with Crippen LogP contribution in [0.2, 0.25) is 0 Å². The van der Waals surface area contributed by atoms with Crippen LogP contribution in [0, 0.1) is 10.8 Å². The molecule has 8 nitrogen and oxygen atoms in total. The number of aryl methyl sites for hydroxylation is 1. The second kappa shape index (κ2) is 12.1. The molecule has 0 radical (unpaired) electrons. The lowest BCUT2D eigenvalue weighted by atomic mass is 9.94. The zero-order valence-corrected chi connectivity index (χ0v) is 22.0. The Morgan fingerprint density at radius 1 is 1.17 bits per heavy atom. The van der Waals surface area contributed by atoms with Gasteiger partial charge in [0.05, 0.1) is 18.3 Å². The lowest BCUT2D eigenvalue weighted by Gasteiger charge is -2.18. The number of nitrogens with one attached hydrogen (secondary N) is 2. The second-order valence-corrected chi connectivity index (χ2v) is 8.79. The van der Waals surface area contributed by atoms with Gasteiger partial charge in [0.2, 0.25) is 0 Å². The first-order valence-corrected chi connectivity index (χ1v) is 11.5. The van der Waals surface area contributed by atoms with E-state index < -0.39 is 11.9 Å². The zero-order valence-electron chi connectivity index (χ0n) is 20.4. The maximum Gasteiger partial charge on any atom is 0.311 e. The molecule has 3 aromatic rings.